The second-order valence-corrected chi connectivity index (χ2v) is 11.3. The van der Waals surface area contributed by atoms with Gasteiger partial charge in [-0.3, -0.25) is 14.5 Å². The van der Waals surface area contributed by atoms with Crippen LogP contribution in [0.15, 0.2) is 84.3 Å². The summed E-state index contributed by atoms with van der Waals surface area (Å²) in [5, 5.41) is 18.5. The van der Waals surface area contributed by atoms with Crippen LogP contribution in [0.25, 0.3) is 0 Å². The molecule has 0 radical (unpaired) electrons. The third kappa shape index (κ3) is 5.43. The monoisotopic (exact) mass is 570 g/mol. The molecule has 2 aliphatic rings. The fourth-order valence-corrected chi connectivity index (χ4v) is 6.27. The molecule has 0 spiro atoms. The van der Waals surface area contributed by atoms with Crippen LogP contribution in [-0.2, 0) is 29.7 Å². The average molecular weight is 571 g/mol. The molecule has 0 bridgehead atoms. The largest absolute Gasteiger partial charge is 0.392 e. The molecule has 1 N–H and O–H groups in total. The molecule has 2 amide bonds. The lowest BCUT2D eigenvalue weighted by atomic mass is 9.91. The SMILES string of the molecule is C[C@H]1[C@@H](CSc2nncn2C)O[C@@H](c2ccc(CN3C(=O)c4ccccc4C3=O)cc2)O[C@H]1c1ccc(CO)cc1. The highest BCUT2D eigenvalue weighted by atomic mass is 32.2. The summed E-state index contributed by atoms with van der Waals surface area (Å²) < 4.78 is 14.9. The molecule has 3 heterocycles. The molecule has 4 aromatic rings. The van der Waals surface area contributed by atoms with E-state index in [2.05, 4.69) is 17.1 Å². The number of aliphatic hydroxyl groups is 1. The van der Waals surface area contributed by atoms with E-state index in [0.717, 1.165) is 27.4 Å². The summed E-state index contributed by atoms with van der Waals surface area (Å²) in [7, 11) is 1.91. The van der Waals surface area contributed by atoms with Gasteiger partial charge in [-0.05, 0) is 28.8 Å². The van der Waals surface area contributed by atoms with E-state index in [1.54, 1.807) is 42.4 Å². The quantitative estimate of drug-likeness (QED) is 0.240. The summed E-state index contributed by atoms with van der Waals surface area (Å²) >= 11 is 1.59. The van der Waals surface area contributed by atoms with E-state index in [4.69, 9.17) is 9.47 Å². The van der Waals surface area contributed by atoms with Crippen molar-refractivity contribution in [3.8, 4) is 0 Å². The molecule has 6 rings (SSSR count). The molecule has 0 aliphatic carbocycles. The molecule has 41 heavy (non-hydrogen) atoms. The number of aryl methyl sites for hydroxylation is 1. The van der Waals surface area contributed by atoms with Crippen molar-refractivity contribution in [2.24, 2.45) is 13.0 Å². The lowest BCUT2D eigenvalue weighted by molar-refractivity contribution is -0.268. The van der Waals surface area contributed by atoms with Crippen LogP contribution in [0.2, 0.25) is 0 Å². The average Bonchev–Trinajstić information content (AvgIpc) is 3.53. The Labute approximate surface area is 242 Å². The molecular weight excluding hydrogens is 540 g/mol. The number of nitrogens with zero attached hydrogens (tertiary/aromatic N) is 4. The van der Waals surface area contributed by atoms with E-state index in [1.165, 1.54) is 4.90 Å². The van der Waals surface area contributed by atoms with Crippen molar-refractivity contribution in [1.29, 1.82) is 0 Å². The maximum atomic E-state index is 12.8. The summed E-state index contributed by atoms with van der Waals surface area (Å²) in [5.74, 6) is 0.151. The van der Waals surface area contributed by atoms with E-state index in [9.17, 15) is 14.7 Å². The molecule has 0 unspecified atom stereocenters. The Balaban J connectivity index is 1.21. The van der Waals surface area contributed by atoms with Gasteiger partial charge in [0.2, 0.25) is 0 Å². The third-order valence-electron chi connectivity index (χ3n) is 7.64. The van der Waals surface area contributed by atoms with Crippen molar-refractivity contribution in [3.05, 3.63) is 113 Å². The van der Waals surface area contributed by atoms with Crippen LogP contribution < -0.4 is 0 Å². The predicted molar refractivity (Wildman–Crippen MR) is 152 cm³/mol. The first-order valence-corrected chi connectivity index (χ1v) is 14.4. The molecule has 10 heteroatoms. The Morgan fingerprint density at radius 2 is 1.51 bits per heavy atom. The minimum absolute atomic E-state index is 0.0167. The zero-order valence-electron chi connectivity index (χ0n) is 22.7. The lowest BCUT2D eigenvalue weighted by Crippen LogP contribution is -2.38. The van der Waals surface area contributed by atoms with Gasteiger partial charge in [0.15, 0.2) is 11.4 Å². The highest BCUT2D eigenvalue weighted by molar-refractivity contribution is 7.99. The smallest absolute Gasteiger partial charge is 0.261 e. The Morgan fingerprint density at radius 1 is 0.878 bits per heavy atom. The predicted octanol–water partition coefficient (Wildman–Crippen LogP) is 4.69. The van der Waals surface area contributed by atoms with Gasteiger partial charge < -0.3 is 19.1 Å². The number of benzene rings is 3. The van der Waals surface area contributed by atoms with Crippen LogP contribution in [0.1, 0.15) is 62.3 Å². The zero-order chi connectivity index (χ0) is 28.5. The summed E-state index contributed by atoms with van der Waals surface area (Å²) in [4.78, 5) is 26.9. The van der Waals surface area contributed by atoms with Crippen molar-refractivity contribution in [2.75, 3.05) is 5.75 Å². The topological polar surface area (TPSA) is 107 Å². The molecule has 2 aliphatic heterocycles. The van der Waals surface area contributed by atoms with Gasteiger partial charge in [-0.1, -0.05) is 79.3 Å². The van der Waals surface area contributed by atoms with Crippen LogP contribution in [0.3, 0.4) is 0 Å². The van der Waals surface area contributed by atoms with Crippen molar-refractivity contribution >= 4 is 23.6 Å². The molecule has 9 nitrogen and oxygen atoms in total. The standard InChI is InChI=1S/C31H30N4O5S/c1-19-26(17-41-31-33-32-18-34(31)2)39-30(40-27(19)22-11-9-21(16-36)10-12-22)23-13-7-20(8-14-23)15-35-28(37)24-5-3-4-6-25(24)29(35)38/h3-14,18-19,26-27,30,36H,15-17H2,1-2H3/t19-,26+,27+,30+/m0/s1. The summed E-state index contributed by atoms with van der Waals surface area (Å²) in [5.41, 5.74) is 4.41. The van der Waals surface area contributed by atoms with Gasteiger partial charge in [0.1, 0.15) is 6.33 Å². The van der Waals surface area contributed by atoms with Gasteiger partial charge in [0, 0.05) is 24.3 Å². The van der Waals surface area contributed by atoms with Crippen molar-refractivity contribution in [3.63, 3.8) is 0 Å². The molecule has 1 saturated heterocycles. The van der Waals surface area contributed by atoms with E-state index < -0.39 is 6.29 Å². The minimum Gasteiger partial charge on any atom is -0.392 e. The van der Waals surface area contributed by atoms with Gasteiger partial charge in [-0.25, -0.2) is 0 Å². The van der Waals surface area contributed by atoms with Crippen LogP contribution in [-0.4, -0.2) is 48.4 Å². The number of amides is 2. The first kappa shape index (κ1) is 27.3. The van der Waals surface area contributed by atoms with E-state index >= 15 is 0 Å². The maximum absolute atomic E-state index is 12.8. The number of ether oxygens (including phenoxy) is 2. The Kier molecular flexibility index (Phi) is 7.72. The van der Waals surface area contributed by atoms with Gasteiger partial charge in [-0.2, -0.15) is 0 Å². The van der Waals surface area contributed by atoms with Gasteiger partial charge in [0.25, 0.3) is 11.8 Å². The normalized spacial score (nSPS) is 22.3. The van der Waals surface area contributed by atoms with E-state index in [0.29, 0.717) is 16.9 Å². The molecule has 0 saturated carbocycles. The zero-order valence-corrected chi connectivity index (χ0v) is 23.5. The molecule has 4 atom stereocenters. The molecule has 1 fully saturated rings. The molecular formula is C31H30N4O5S. The molecule has 210 valence electrons. The number of carbonyl (C=O) groups excluding carboxylic acids is 2. The minimum atomic E-state index is -0.618. The number of thioether (sulfide) groups is 1. The number of aromatic nitrogens is 3. The summed E-state index contributed by atoms with van der Waals surface area (Å²) in [6.45, 7) is 2.29. The third-order valence-corrected chi connectivity index (χ3v) is 8.76. The first-order chi connectivity index (χ1) is 19.9. The lowest BCUT2D eigenvalue weighted by Gasteiger charge is -2.41. The number of rotatable bonds is 8. The van der Waals surface area contributed by atoms with Crippen molar-refractivity contribution in [1.82, 2.24) is 19.7 Å². The van der Waals surface area contributed by atoms with Gasteiger partial charge in [-0.15, -0.1) is 10.2 Å². The van der Waals surface area contributed by atoms with Gasteiger partial charge in [0.05, 0.1) is 36.5 Å². The van der Waals surface area contributed by atoms with Crippen LogP contribution >= 0.6 is 11.8 Å². The Bertz CT molecular complexity index is 1520. The van der Waals surface area contributed by atoms with Gasteiger partial charge >= 0.3 is 0 Å². The number of hydrogen-bond acceptors (Lipinski definition) is 8. The Hall–Kier alpha value is -3.83. The Morgan fingerprint density at radius 3 is 2.12 bits per heavy atom. The fourth-order valence-electron chi connectivity index (χ4n) is 5.22. The van der Waals surface area contributed by atoms with E-state index in [-0.39, 0.29) is 43.1 Å². The maximum Gasteiger partial charge on any atom is 0.261 e. The highest BCUT2D eigenvalue weighted by Crippen LogP contribution is 2.43. The van der Waals surface area contributed by atoms with Crippen LogP contribution in [0.5, 0.6) is 0 Å². The number of carbonyl (C=O) groups is 2. The van der Waals surface area contributed by atoms with Crippen molar-refractivity contribution in [2.45, 2.75) is 43.7 Å². The van der Waals surface area contributed by atoms with Crippen LogP contribution in [0, 0.1) is 5.92 Å². The number of hydrogen-bond donors (Lipinski definition) is 1. The summed E-state index contributed by atoms with van der Waals surface area (Å²) in [6, 6.07) is 22.4. The number of imide groups is 1. The van der Waals surface area contributed by atoms with Crippen molar-refractivity contribution < 1.29 is 24.2 Å². The second kappa shape index (κ2) is 11.6. The molecule has 3 aromatic carbocycles. The summed E-state index contributed by atoms with van der Waals surface area (Å²) in [6.07, 6.45) is 0.682. The van der Waals surface area contributed by atoms with Crippen LogP contribution in [0.4, 0.5) is 0 Å². The van der Waals surface area contributed by atoms with E-state index in [1.807, 2.05) is 60.1 Å². The fraction of sp³-hybridized carbons (Fsp3) is 0.290. The number of fused-ring (bicyclic) bond motifs is 1. The second-order valence-electron chi connectivity index (χ2n) is 10.3. The highest BCUT2D eigenvalue weighted by Gasteiger charge is 2.39. The molecule has 1 aromatic heterocycles. The first-order valence-electron chi connectivity index (χ1n) is 13.4. The number of aliphatic hydroxyl groups excluding tert-OH is 1.